The zero-order chi connectivity index (χ0) is 15.1. The topological polar surface area (TPSA) is 76.5 Å². The van der Waals surface area contributed by atoms with Gasteiger partial charge >= 0.3 is 6.09 Å². The van der Waals surface area contributed by atoms with E-state index in [1.165, 1.54) is 0 Å². The quantitative estimate of drug-likeness (QED) is 0.879. The number of likely N-dealkylation sites (tertiary alicyclic amines) is 1. The fraction of sp³-hybridized carbons (Fsp3) is 0.643. The van der Waals surface area contributed by atoms with Crippen molar-refractivity contribution >= 4 is 12.0 Å². The van der Waals surface area contributed by atoms with E-state index in [9.17, 15) is 9.59 Å². The Balaban J connectivity index is 1.77. The molecule has 21 heavy (non-hydrogen) atoms. The first-order valence-electron chi connectivity index (χ1n) is 7.37. The summed E-state index contributed by atoms with van der Waals surface area (Å²) in [7, 11) is 0. The number of ether oxygens (including phenoxy) is 1. The summed E-state index contributed by atoms with van der Waals surface area (Å²) in [6.07, 6.45) is 5.33. The number of carbonyl (C=O) groups excluding carboxylic acids is 2. The first kappa shape index (κ1) is 15.3. The largest absolute Gasteiger partial charge is 0.450 e. The van der Waals surface area contributed by atoms with Crippen molar-refractivity contribution in [2.75, 3.05) is 19.7 Å². The minimum atomic E-state index is -0.409. The molecule has 1 aromatic rings. The number of carbonyl (C=O) groups is 2. The van der Waals surface area contributed by atoms with Crippen LogP contribution in [0.25, 0.3) is 0 Å². The highest BCUT2D eigenvalue weighted by Crippen LogP contribution is 2.12. The predicted octanol–water partition coefficient (Wildman–Crippen LogP) is 1.01. The molecule has 2 heterocycles. The maximum Gasteiger partial charge on any atom is 0.407 e. The van der Waals surface area contributed by atoms with Gasteiger partial charge in [-0.15, -0.1) is 0 Å². The molecule has 1 N–H and O–H groups in total. The van der Waals surface area contributed by atoms with Gasteiger partial charge in [0.2, 0.25) is 5.91 Å². The lowest BCUT2D eigenvalue weighted by atomic mass is 10.1. The Kier molecular flexibility index (Phi) is 5.59. The van der Waals surface area contributed by atoms with E-state index < -0.39 is 6.09 Å². The lowest BCUT2D eigenvalue weighted by Gasteiger charge is -2.33. The van der Waals surface area contributed by atoms with Gasteiger partial charge in [0, 0.05) is 44.5 Å². The molecule has 0 spiro atoms. The second kappa shape index (κ2) is 7.66. The normalized spacial score (nSPS) is 18.3. The molecule has 1 aromatic heterocycles. The maximum absolute atomic E-state index is 12.2. The molecule has 1 saturated heterocycles. The van der Waals surface area contributed by atoms with E-state index in [4.69, 9.17) is 4.74 Å². The van der Waals surface area contributed by atoms with Gasteiger partial charge in [0.25, 0.3) is 0 Å². The third-order valence-electron chi connectivity index (χ3n) is 3.49. The molecule has 0 bridgehead atoms. The zero-order valence-corrected chi connectivity index (χ0v) is 12.3. The number of alkyl carbamates (subject to hydrolysis) is 1. The number of amides is 2. The van der Waals surface area contributed by atoms with Crippen LogP contribution >= 0.6 is 0 Å². The molecule has 1 fully saturated rings. The number of nitrogens with one attached hydrogen (secondary N) is 1. The molecular weight excluding hydrogens is 272 g/mol. The molecule has 0 radical (unpaired) electrons. The number of nitrogens with zero attached hydrogens (tertiary/aromatic N) is 3. The molecule has 7 heteroatoms. The number of hydrogen-bond acceptors (Lipinski definition) is 4. The first-order valence-corrected chi connectivity index (χ1v) is 7.37. The van der Waals surface area contributed by atoms with Crippen LogP contribution in [0, 0.1) is 0 Å². The smallest absolute Gasteiger partial charge is 0.407 e. The van der Waals surface area contributed by atoms with Crippen LogP contribution in [0.1, 0.15) is 26.2 Å². The Morgan fingerprint density at radius 3 is 3.05 bits per heavy atom. The third-order valence-corrected chi connectivity index (χ3v) is 3.49. The highest BCUT2D eigenvalue weighted by Gasteiger charge is 2.24. The van der Waals surface area contributed by atoms with E-state index in [-0.39, 0.29) is 11.9 Å². The van der Waals surface area contributed by atoms with Crippen molar-refractivity contribution < 1.29 is 14.3 Å². The molecule has 2 amide bonds. The van der Waals surface area contributed by atoms with Gasteiger partial charge in [0.05, 0.1) is 6.61 Å². The predicted molar refractivity (Wildman–Crippen MR) is 76.6 cm³/mol. The monoisotopic (exact) mass is 294 g/mol. The van der Waals surface area contributed by atoms with Crippen molar-refractivity contribution in [1.29, 1.82) is 0 Å². The molecule has 2 rings (SSSR count). The molecule has 116 valence electrons. The molecule has 1 atom stereocenters. The summed E-state index contributed by atoms with van der Waals surface area (Å²) in [5.41, 5.74) is 0. The molecule has 0 saturated carbocycles. The van der Waals surface area contributed by atoms with Crippen molar-refractivity contribution in [3.8, 4) is 0 Å². The van der Waals surface area contributed by atoms with Crippen LogP contribution in [0.2, 0.25) is 0 Å². The number of aromatic nitrogens is 2. The van der Waals surface area contributed by atoms with Gasteiger partial charge in [-0.3, -0.25) is 9.48 Å². The van der Waals surface area contributed by atoms with E-state index in [1.807, 2.05) is 17.2 Å². The summed E-state index contributed by atoms with van der Waals surface area (Å²) in [6, 6.07) is 1.82. The molecule has 0 aromatic carbocycles. The molecular formula is C14H22N4O3. The minimum absolute atomic E-state index is 0.0218. The van der Waals surface area contributed by atoms with Crippen LogP contribution < -0.4 is 5.32 Å². The van der Waals surface area contributed by atoms with Gasteiger partial charge < -0.3 is 15.0 Å². The van der Waals surface area contributed by atoms with Crippen molar-refractivity contribution in [3.05, 3.63) is 18.5 Å². The lowest BCUT2D eigenvalue weighted by Crippen LogP contribution is -2.49. The third kappa shape index (κ3) is 4.77. The highest BCUT2D eigenvalue weighted by molar-refractivity contribution is 5.76. The Labute approximate surface area is 124 Å². The van der Waals surface area contributed by atoms with Crippen LogP contribution in [0.4, 0.5) is 4.79 Å². The second-order valence-corrected chi connectivity index (χ2v) is 5.06. The van der Waals surface area contributed by atoms with E-state index in [2.05, 4.69) is 10.4 Å². The molecule has 0 aliphatic carbocycles. The summed E-state index contributed by atoms with van der Waals surface area (Å²) in [4.78, 5) is 25.4. The average molecular weight is 294 g/mol. The lowest BCUT2D eigenvalue weighted by molar-refractivity contribution is -0.132. The molecule has 1 aliphatic rings. The average Bonchev–Trinajstić information content (AvgIpc) is 2.98. The summed E-state index contributed by atoms with van der Waals surface area (Å²) in [5.74, 6) is 0.0980. The summed E-state index contributed by atoms with van der Waals surface area (Å²) in [5, 5.41) is 6.88. The van der Waals surface area contributed by atoms with E-state index in [0.29, 0.717) is 26.1 Å². The second-order valence-electron chi connectivity index (χ2n) is 5.06. The van der Waals surface area contributed by atoms with Crippen molar-refractivity contribution in [1.82, 2.24) is 20.0 Å². The molecule has 1 aliphatic heterocycles. The van der Waals surface area contributed by atoms with E-state index in [1.54, 1.807) is 17.8 Å². The number of hydrogen-bond donors (Lipinski definition) is 1. The number of rotatable bonds is 5. The van der Waals surface area contributed by atoms with E-state index in [0.717, 1.165) is 19.4 Å². The SMILES string of the molecule is CCOC(=O)NC1CCCN(C(=O)CCn2cccn2)C1. The van der Waals surface area contributed by atoms with Crippen molar-refractivity contribution in [3.63, 3.8) is 0 Å². The van der Waals surface area contributed by atoms with Gasteiger partial charge in [0.1, 0.15) is 0 Å². The number of piperidine rings is 1. The fourth-order valence-electron chi connectivity index (χ4n) is 2.46. The standard InChI is InChI=1S/C14H22N4O3/c1-2-21-14(20)16-12-5-3-8-17(11-12)13(19)6-10-18-9-4-7-15-18/h4,7,9,12H,2-3,5-6,8,10-11H2,1H3,(H,16,20). The van der Waals surface area contributed by atoms with Gasteiger partial charge in [-0.1, -0.05) is 0 Å². The van der Waals surface area contributed by atoms with Crippen molar-refractivity contribution in [2.45, 2.75) is 38.8 Å². The molecule has 7 nitrogen and oxygen atoms in total. The Bertz CT molecular complexity index is 461. The highest BCUT2D eigenvalue weighted by atomic mass is 16.5. The van der Waals surface area contributed by atoms with Gasteiger partial charge in [-0.05, 0) is 25.8 Å². The first-order chi connectivity index (χ1) is 10.2. The van der Waals surface area contributed by atoms with Crippen molar-refractivity contribution in [2.24, 2.45) is 0 Å². The summed E-state index contributed by atoms with van der Waals surface area (Å²) < 4.78 is 6.62. The maximum atomic E-state index is 12.2. The van der Waals surface area contributed by atoms with Gasteiger partial charge in [0.15, 0.2) is 0 Å². The number of aryl methyl sites for hydroxylation is 1. The van der Waals surface area contributed by atoms with Crippen LogP contribution in [0.15, 0.2) is 18.5 Å². The van der Waals surface area contributed by atoms with Gasteiger partial charge in [-0.2, -0.15) is 5.10 Å². The van der Waals surface area contributed by atoms with E-state index >= 15 is 0 Å². The zero-order valence-electron chi connectivity index (χ0n) is 12.3. The Hall–Kier alpha value is -2.05. The minimum Gasteiger partial charge on any atom is -0.450 e. The van der Waals surface area contributed by atoms with Gasteiger partial charge in [-0.25, -0.2) is 4.79 Å². The fourth-order valence-corrected chi connectivity index (χ4v) is 2.46. The molecule has 1 unspecified atom stereocenters. The van der Waals surface area contributed by atoms with Crippen LogP contribution in [0.3, 0.4) is 0 Å². The summed E-state index contributed by atoms with van der Waals surface area (Å²) >= 11 is 0. The van der Waals surface area contributed by atoms with Crippen LogP contribution in [0.5, 0.6) is 0 Å². The van der Waals surface area contributed by atoms with Crippen LogP contribution in [-0.4, -0.2) is 52.4 Å². The Morgan fingerprint density at radius 1 is 1.48 bits per heavy atom. The van der Waals surface area contributed by atoms with Crippen LogP contribution in [-0.2, 0) is 16.1 Å². The Morgan fingerprint density at radius 2 is 2.33 bits per heavy atom. The summed E-state index contributed by atoms with van der Waals surface area (Å²) in [6.45, 7) is 4.00.